The largest absolute Gasteiger partial charge is 0.298 e. The van der Waals surface area contributed by atoms with Crippen molar-refractivity contribution in [2.24, 2.45) is 0 Å². The van der Waals surface area contributed by atoms with Gasteiger partial charge in [-0.3, -0.25) is 4.79 Å². The fourth-order valence-corrected chi connectivity index (χ4v) is 3.38. The van der Waals surface area contributed by atoms with Gasteiger partial charge in [-0.15, -0.1) is 0 Å². The van der Waals surface area contributed by atoms with Crippen LogP contribution in [0.25, 0.3) is 0 Å². The Morgan fingerprint density at radius 3 is 2.72 bits per heavy atom. The molecule has 18 heavy (non-hydrogen) atoms. The Balaban J connectivity index is 1.90. The van der Waals surface area contributed by atoms with Crippen molar-refractivity contribution in [2.75, 3.05) is 0 Å². The second-order valence-electron chi connectivity index (χ2n) is 4.54. The standard InChI is InChI=1S/C16H14OS/c17-11-14-4-1-2-7-16(14)18-15-9-8-12-5-3-6-13(12)10-15/h1-2,4,7-11H,3,5-6H2. The van der Waals surface area contributed by atoms with Crippen molar-refractivity contribution in [3.63, 3.8) is 0 Å². The smallest absolute Gasteiger partial charge is 0.151 e. The van der Waals surface area contributed by atoms with Gasteiger partial charge < -0.3 is 0 Å². The van der Waals surface area contributed by atoms with Gasteiger partial charge in [0.05, 0.1) is 0 Å². The van der Waals surface area contributed by atoms with Gasteiger partial charge in [-0.25, -0.2) is 0 Å². The molecule has 0 saturated carbocycles. The molecule has 0 saturated heterocycles. The summed E-state index contributed by atoms with van der Waals surface area (Å²) in [6.45, 7) is 0. The van der Waals surface area contributed by atoms with Crippen molar-refractivity contribution < 1.29 is 4.79 Å². The molecule has 0 unspecified atom stereocenters. The van der Waals surface area contributed by atoms with E-state index in [9.17, 15) is 4.79 Å². The molecule has 1 aliphatic carbocycles. The van der Waals surface area contributed by atoms with Crippen LogP contribution in [0, 0.1) is 0 Å². The van der Waals surface area contributed by atoms with Gasteiger partial charge in [-0.1, -0.05) is 36.0 Å². The Bertz CT molecular complexity index is 589. The number of rotatable bonds is 3. The van der Waals surface area contributed by atoms with E-state index < -0.39 is 0 Å². The molecule has 1 aliphatic rings. The molecular weight excluding hydrogens is 240 g/mol. The van der Waals surface area contributed by atoms with E-state index in [0.29, 0.717) is 0 Å². The Morgan fingerprint density at radius 1 is 1.00 bits per heavy atom. The summed E-state index contributed by atoms with van der Waals surface area (Å²) in [5.74, 6) is 0. The van der Waals surface area contributed by atoms with Gasteiger partial charge in [0.1, 0.15) is 0 Å². The molecule has 0 bridgehead atoms. The van der Waals surface area contributed by atoms with Crippen LogP contribution in [-0.4, -0.2) is 6.29 Å². The molecule has 1 nitrogen and oxygen atoms in total. The monoisotopic (exact) mass is 254 g/mol. The number of benzene rings is 2. The molecule has 2 aromatic carbocycles. The average molecular weight is 254 g/mol. The highest BCUT2D eigenvalue weighted by Gasteiger charge is 2.11. The predicted octanol–water partition coefficient (Wildman–Crippen LogP) is 4.14. The van der Waals surface area contributed by atoms with Crippen molar-refractivity contribution in [2.45, 2.75) is 29.1 Å². The van der Waals surface area contributed by atoms with E-state index in [1.54, 1.807) is 11.8 Å². The molecule has 90 valence electrons. The number of carbonyl (C=O) groups is 1. The van der Waals surface area contributed by atoms with Gasteiger partial charge in [-0.05, 0) is 48.6 Å². The summed E-state index contributed by atoms with van der Waals surface area (Å²) in [5.41, 5.74) is 3.73. The molecule has 0 N–H and O–H groups in total. The minimum absolute atomic E-state index is 0.767. The lowest BCUT2D eigenvalue weighted by Crippen LogP contribution is -1.86. The van der Waals surface area contributed by atoms with E-state index in [0.717, 1.165) is 16.7 Å². The lowest BCUT2D eigenvalue weighted by atomic mass is 10.1. The molecular formula is C16H14OS. The zero-order chi connectivity index (χ0) is 12.4. The van der Waals surface area contributed by atoms with Crippen LogP contribution in [-0.2, 0) is 12.8 Å². The molecule has 0 atom stereocenters. The van der Waals surface area contributed by atoms with E-state index in [-0.39, 0.29) is 0 Å². The molecule has 0 amide bonds. The molecule has 0 aromatic heterocycles. The van der Waals surface area contributed by atoms with Crippen LogP contribution in [0.2, 0.25) is 0 Å². The van der Waals surface area contributed by atoms with E-state index in [1.807, 2.05) is 24.3 Å². The van der Waals surface area contributed by atoms with Crippen molar-refractivity contribution in [1.82, 2.24) is 0 Å². The molecule has 2 aromatic rings. The fourth-order valence-electron chi connectivity index (χ4n) is 2.41. The SMILES string of the molecule is O=Cc1ccccc1Sc1ccc2c(c1)CCC2. The van der Waals surface area contributed by atoms with Crippen LogP contribution in [0.4, 0.5) is 0 Å². The number of fused-ring (bicyclic) bond motifs is 1. The van der Waals surface area contributed by atoms with E-state index in [4.69, 9.17) is 0 Å². The van der Waals surface area contributed by atoms with Crippen LogP contribution >= 0.6 is 11.8 Å². The highest BCUT2D eigenvalue weighted by atomic mass is 32.2. The Kier molecular flexibility index (Phi) is 3.20. The highest BCUT2D eigenvalue weighted by Crippen LogP contribution is 2.33. The fraction of sp³-hybridized carbons (Fsp3) is 0.188. The number of aryl methyl sites for hydroxylation is 2. The lowest BCUT2D eigenvalue weighted by molar-refractivity contribution is 0.112. The topological polar surface area (TPSA) is 17.1 Å². The maximum Gasteiger partial charge on any atom is 0.151 e. The lowest BCUT2D eigenvalue weighted by Gasteiger charge is -2.06. The molecule has 0 spiro atoms. The molecule has 0 aliphatic heterocycles. The molecule has 0 heterocycles. The van der Waals surface area contributed by atoms with Crippen molar-refractivity contribution in [1.29, 1.82) is 0 Å². The molecule has 0 radical (unpaired) electrons. The number of aldehydes is 1. The quantitative estimate of drug-likeness (QED) is 0.766. The minimum Gasteiger partial charge on any atom is -0.298 e. The van der Waals surface area contributed by atoms with Gasteiger partial charge in [-0.2, -0.15) is 0 Å². The summed E-state index contributed by atoms with van der Waals surface area (Å²) < 4.78 is 0. The third kappa shape index (κ3) is 2.21. The maximum absolute atomic E-state index is 11.0. The van der Waals surface area contributed by atoms with Gasteiger partial charge in [0.2, 0.25) is 0 Å². The van der Waals surface area contributed by atoms with Crippen LogP contribution in [0.15, 0.2) is 52.3 Å². The highest BCUT2D eigenvalue weighted by molar-refractivity contribution is 7.99. The number of hydrogen-bond acceptors (Lipinski definition) is 2. The summed E-state index contributed by atoms with van der Waals surface area (Å²) in [6.07, 6.45) is 4.61. The molecule has 2 heteroatoms. The number of hydrogen-bond donors (Lipinski definition) is 0. The Hall–Kier alpha value is -1.54. The normalized spacial score (nSPS) is 13.3. The second kappa shape index (κ2) is 4.99. The number of carbonyl (C=O) groups excluding carboxylic acids is 1. The van der Waals surface area contributed by atoms with Crippen molar-refractivity contribution >= 4 is 18.0 Å². The van der Waals surface area contributed by atoms with Crippen molar-refractivity contribution in [3.05, 3.63) is 59.2 Å². The third-order valence-electron chi connectivity index (χ3n) is 3.34. The Labute approximate surface area is 111 Å². The third-order valence-corrected chi connectivity index (χ3v) is 4.43. The summed E-state index contributed by atoms with van der Waals surface area (Å²) in [4.78, 5) is 13.3. The second-order valence-corrected chi connectivity index (χ2v) is 5.66. The first-order chi connectivity index (χ1) is 8.86. The predicted molar refractivity (Wildman–Crippen MR) is 74.4 cm³/mol. The first kappa shape index (κ1) is 11.5. The van der Waals surface area contributed by atoms with Crippen molar-refractivity contribution in [3.8, 4) is 0 Å². The summed E-state index contributed by atoms with van der Waals surface area (Å²) >= 11 is 1.67. The van der Waals surface area contributed by atoms with Gasteiger partial charge in [0.25, 0.3) is 0 Å². The van der Waals surface area contributed by atoms with E-state index >= 15 is 0 Å². The first-order valence-corrected chi connectivity index (χ1v) is 7.02. The molecule has 3 rings (SSSR count). The summed E-state index contributed by atoms with van der Waals surface area (Å²) in [5, 5.41) is 0. The van der Waals surface area contributed by atoms with E-state index in [1.165, 1.54) is 35.3 Å². The van der Waals surface area contributed by atoms with Crippen LogP contribution in [0.3, 0.4) is 0 Å². The van der Waals surface area contributed by atoms with Crippen LogP contribution in [0.1, 0.15) is 27.9 Å². The van der Waals surface area contributed by atoms with Gasteiger partial charge in [0.15, 0.2) is 6.29 Å². The zero-order valence-corrected chi connectivity index (χ0v) is 10.9. The maximum atomic E-state index is 11.0. The van der Waals surface area contributed by atoms with Crippen LogP contribution in [0.5, 0.6) is 0 Å². The first-order valence-electron chi connectivity index (χ1n) is 6.21. The van der Waals surface area contributed by atoms with Crippen LogP contribution < -0.4 is 0 Å². The minimum atomic E-state index is 0.767. The van der Waals surface area contributed by atoms with Gasteiger partial charge in [0, 0.05) is 15.4 Å². The van der Waals surface area contributed by atoms with E-state index in [2.05, 4.69) is 18.2 Å². The summed E-state index contributed by atoms with van der Waals surface area (Å²) in [6, 6.07) is 14.4. The Morgan fingerprint density at radius 2 is 1.83 bits per heavy atom. The average Bonchev–Trinajstić information content (AvgIpc) is 2.87. The molecule has 0 fully saturated rings. The zero-order valence-electron chi connectivity index (χ0n) is 10.1. The summed E-state index contributed by atoms with van der Waals surface area (Å²) in [7, 11) is 0. The van der Waals surface area contributed by atoms with Gasteiger partial charge >= 0.3 is 0 Å².